The van der Waals surface area contributed by atoms with Crippen LogP contribution in [0.25, 0.3) is 0 Å². The molecule has 2 N–H and O–H groups in total. The zero-order valence-corrected chi connectivity index (χ0v) is 10.4. The maximum Gasteiger partial charge on any atom is 0.307 e. The minimum atomic E-state index is -0.737. The molecule has 0 aliphatic carbocycles. The Bertz CT molecular complexity index is 226. The van der Waals surface area contributed by atoms with Gasteiger partial charge in [-0.25, -0.2) is 0 Å². The van der Waals surface area contributed by atoms with Crippen molar-refractivity contribution in [3.8, 4) is 0 Å². The number of aliphatic carboxylic acids is 1. The van der Waals surface area contributed by atoms with Crippen LogP contribution in [0.2, 0.25) is 0 Å². The molecule has 0 spiro atoms. The first-order chi connectivity index (χ1) is 7.52. The Labute approximate surface area is 97.4 Å². The molecular weight excluding hydrogens is 206 g/mol. The van der Waals surface area contributed by atoms with Crippen LogP contribution < -0.4 is 5.32 Å². The fourth-order valence-electron chi connectivity index (χ4n) is 2.12. The van der Waals surface area contributed by atoms with Gasteiger partial charge < -0.3 is 15.2 Å². The molecule has 1 aliphatic rings. The van der Waals surface area contributed by atoms with E-state index in [4.69, 9.17) is 9.84 Å². The van der Waals surface area contributed by atoms with E-state index in [9.17, 15) is 4.79 Å². The molecule has 0 aromatic heterocycles. The van der Waals surface area contributed by atoms with Crippen LogP contribution in [0.1, 0.15) is 33.6 Å². The van der Waals surface area contributed by atoms with Gasteiger partial charge in [-0.05, 0) is 32.6 Å². The van der Waals surface area contributed by atoms with E-state index in [-0.39, 0.29) is 12.0 Å². The first-order valence-electron chi connectivity index (χ1n) is 6.09. The Morgan fingerprint density at radius 1 is 1.31 bits per heavy atom. The van der Waals surface area contributed by atoms with Gasteiger partial charge >= 0.3 is 5.97 Å². The van der Waals surface area contributed by atoms with Crippen molar-refractivity contribution in [2.75, 3.05) is 13.2 Å². The molecule has 1 saturated heterocycles. The van der Waals surface area contributed by atoms with Gasteiger partial charge in [0.05, 0.1) is 5.92 Å². The van der Waals surface area contributed by atoms with Gasteiger partial charge in [-0.3, -0.25) is 4.79 Å². The van der Waals surface area contributed by atoms with Crippen LogP contribution in [0.3, 0.4) is 0 Å². The fourth-order valence-corrected chi connectivity index (χ4v) is 2.12. The summed E-state index contributed by atoms with van der Waals surface area (Å²) >= 11 is 0. The molecule has 0 radical (unpaired) electrons. The molecule has 0 bridgehead atoms. The number of carboxylic acid groups (broad SMARTS) is 1. The van der Waals surface area contributed by atoms with E-state index in [1.54, 1.807) is 6.92 Å². The highest BCUT2D eigenvalue weighted by atomic mass is 16.5. The average molecular weight is 229 g/mol. The second-order valence-electron chi connectivity index (χ2n) is 4.82. The summed E-state index contributed by atoms with van der Waals surface area (Å²) < 4.78 is 5.32. The van der Waals surface area contributed by atoms with Crippen molar-refractivity contribution >= 4 is 5.97 Å². The molecule has 3 atom stereocenters. The van der Waals surface area contributed by atoms with Crippen molar-refractivity contribution in [3.05, 3.63) is 0 Å². The molecule has 1 heterocycles. The van der Waals surface area contributed by atoms with E-state index >= 15 is 0 Å². The van der Waals surface area contributed by atoms with Crippen molar-refractivity contribution in [3.63, 3.8) is 0 Å². The molecule has 0 amide bonds. The molecule has 0 aromatic rings. The number of ether oxygens (including phenoxy) is 1. The van der Waals surface area contributed by atoms with Crippen LogP contribution in [-0.2, 0) is 9.53 Å². The quantitative estimate of drug-likeness (QED) is 0.750. The van der Waals surface area contributed by atoms with Crippen molar-refractivity contribution in [2.24, 2.45) is 11.8 Å². The summed E-state index contributed by atoms with van der Waals surface area (Å²) in [6, 6.07) is 0.371. The minimum absolute atomic E-state index is 0.00958. The summed E-state index contributed by atoms with van der Waals surface area (Å²) in [5.74, 6) is -0.473. The second kappa shape index (κ2) is 6.21. The number of hydrogen-bond donors (Lipinski definition) is 2. The summed E-state index contributed by atoms with van der Waals surface area (Å²) in [5.41, 5.74) is 0. The van der Waals surface area contributed by atoms with Crippen LogP contribution in [0.15, 0.2) is 0 Å². The number of hydrogen-bond acceptors (Lipinski definition) is 3. The number of nitrogens with one attached hydrogen (secondary N) is 1. The van der Waals surface area contributed by atoms with Crippen molar-refractivity contribution in [1.29, 1.82) is 0 Å². The Hall–Kier alpha value is -0.610. The van der Waals surface area contributed by atoms with Gasteiger partial charge in [0.25, 0.3) is 0 Å². The van der Waals surface area contributed by atoms with Crippen LogP contribution in [0, 0.1) is 11.8 Å². The predicted molar refractivity (Wildman–Crippen MR) is 62.4 cm³/mol. The molecular formula is C12H23NO3. The maximum absolute atomic E-state index is 10.8. The third kappa shape index (κ3) is 3.76. The van der Waals surface area contributed by atoms with Crippen LogP contribution in [0.4, 0.5) is 0 Å². The average Bonchev–Trinajstić information content (AvgIpc) is 2.28. The van der Waals surface area contributed by atoms with E-state index in [0.29, 0.717) is 12.0 Å². The number of rotatable bonds is 5. The largest absolute Gasteiger partial charge is 0.481 e. The smallest absolute Gasteiger partial charge is 0.307 e. The number of carbonyl (C=O) groups is 1. The Morgan fingerprint density at radius 2 is 1.88 bits per heavy atom. The van der Waals surface area contributed by atoms with Crippen molar-refractivity contribution < 1.29 is 14.6 Å². The van der Waals surface area contributed by atoms with Gasteiger partial charge in [0.15, 0.2) is 0 Å². The summed E-state index contributed by atoms with van der Waals surface area (Å²) in [7, 11) is 0. The highest BCUT2D eigenvalue weighted by Gasteiger charge is 2.25. The van der Waals surface area contributed by atoms with Crippen LogP contribution in [-0.4, -0.2) is 36.4 Å². The Kier molecular flexibility index (Phi) is 5.22. The normalized spacial score (nSPS) is 23.7. The highest BCUT2D eigenvalue weighted by Crippen LogP contribution is 2.19. The van der Waals surface area contributed by atoms with Crippen LogP contribution >= 0.6 is 0 Å². The van der Waals surface area contributed by atoms with Gasteiger partial charge in [-0.1, -0.05) is 6.92 Å². The molecule has 16 heavy (non-hydrogen) atoms. The Morgan fingerprint density at radius 3 is 2.38 bits per heavy atom. The van der Waals surface area contributed by atoms with Crippen LogP contribution in [0.5, 0.6) is 0 Å². The molecule has 0 saturated carbocycles. The third-order valence-corrected chi connectivity index (χ3v) is 3.64. The minimum Gasteiger partial charge on any atom is -0.481 e. The monoisotopic (exact) mass is 229 g/mol. The fraction of sp³-hybridized carbons (Fsp3) is 0.917. The molecule has 3 unspecified atom stereocenters. The van der Waals surface area contributed by atoms with E-state index < -0.39 is 5.97 Å². The summed E-state index contributed by atoms with van der Waals surface area (Å²) in [6.45, 7) is 7.49. The summed E-state index contributed by atoms with van der Waals surface area (Å²) in [4.78, 5) is 10.8. The molecule has 1 rings (SSSR count). The Balaban J connectivity index is 2.37. The molecule has 94 valence electrons. The molecule has 1 fully saturated rings. The molecule has 4 nitrogen and oxygen atoms in total. The third-order valence-electron chi connectivity index (χ3n) is 3.64. The zero-order chi connectivity index (χ0) is 12.1. The zero-order valence-electron chi connectivity index (χ0n) is 10.4. The van der Waals surface area contributed by atoms with Gasteiger partial charge in [0, 0.05) is 25.3 Å². The van der Waals surface area contributed by atoms with Gasteiger partial charge in [-0.15, -0.1) is 0 Å². The highest BCUT2D eigenvalue weighted by molar-refractivity contribution is 5.70. The van der Waals surface area contributed by atoms with Crippen molar-refractivity contribution in [2.45, 2.75) is 45.7 Å². The molecule has 0 aromatic carbocycles. The van der Waals surface area contributed by atoms with E-state index in [1.165, 1.54) is 0 Å². The number of carboxylic acids is 1. The lowest BCUT2D eigenvalue weighted by molar-refractivity contribution is -0.142. The first-order valence-corrected chi connectivity index (χ1v) is 6.09. The van der Waals surface area contributed by atoms with Gasteiger partial charge in [0.2, 0.25) is 0 Å². The predicted octanol–water partition coefficient (Wildman–Crippen LogP) is 1.50. The van der Waals surface area contributed by atoms with E-state index in [1.807, 2.05) is 6.92 Å². The second-order valence-corrected chi connectivity index (χ2v) is 4.82. The van der Waals surface area contributed by atoms with E-state index in [0.717, 1.165) is 26.1 Å². The molecule has 4 heteroatoms. The molecule has 1 aliphatic heterocycles. The van der Waals surface area contributed by atoms with Crippen molar-refractivity contribution in [1.82, 2.24) is 5.32 Å². The van der Waals surface area contributed by atoms with E-state index in [2.05, 4.69) is 12.2 Å². The lowest BCUT2D eigenvalue weighted by Gasteiger charge is -2.31. The lowest BCUT2D eigenvalue weighted by Crippen LogP contribution is -2.45. The standard InChI is InChI=1S/C12H23NO3/c1-8(12(14)15)9(2)13-10(3)11-4-6-16-7-5-11/h8-11,13H,4-7H2,1-3H3,(H,14,15). The summed E-state index contributed by atoms with van der Waals surface area (Å²) in [5, 5.41) is 12.3. The SMILES string of the molecule is CC(NC(C)C(C)C(=O)O)C1CCOCC1. The van der Waals surface area contributed by atoms with Gasteiger partial charge in [0.1, 0.15) is 0 Å². The first kappa shape index (κ1) is 13.5. The lowest BCUT2D eigenvalue weighted by atomic mass is 9.91. The summed E-state index contributed by atoms with van der Waals surface area (Å²) in [6.07, 6.45) is 2.14. The van der Waals surface area contributed by atoms with Gasteiger partial charge in [-0.2, -0.15) is 0 Å². The maximum atomic E-state index is 10.8. The topological polar surface area (TPSA) is 58.6 Å².